The Morgan fingerprint density at radius 2 is 2.12 bits per heavy atom. The van der Waals surface area contributed by atoms with Crippen LogP contribution in [0.4, 0.5) is 5.00 Å². The first-order chi connectivity index (χ1) is 16.4. The third-order valence-electron chi connectivity index (χ3n) is 6.55. The summed E-state index contributed by atoms with van der Waals surface area (Å²) in [5.74, 6) is 0.646. The van der Waals surface area contributed by atoms with Crippen LogP contribution in [0.15, 0.2) is 49.6 Å². The van der Waals surface area contributed by atoms with Gasteiger partial charge in [-0.2, -0.15) is 5.26 Å². The van der Waals surface area contributed by atoms with Crippen molar-refractivity contribution in [2.24, 2.45) is 0 Å². The van der Waals surface area contributed by atoms with Crippen LogP contribution in [0, 0.1) is 11.3 Å². The molecule has 2 aromatic carbocycles. The van der Waals surface area contributed by atoms with Gasteiger partial charge in [0.1, 0.15) is 16.8 Å². The molecular weight excluding hydrogens is 468 g/mol. The number of nitrogen functional groups attached to an aromatic ring is 1. The van der Waals surface area contributed by atoms with Crippen LogP contribution >= 0.6 is 22.9 Å². The number of amides is 1. The van der Waals surface area contributed by atoms with Gasteiger partial charge in [0.25, 0.3) is 0 Å². The second-order valence-electron chi connectivity index (χ2n) is 8.38. The number of hydrogen-bond acceptors (Lipinski definition) is 6. The lowest BCUT2D eigenvalue weighted by atomic mass is 9.96. The molecule has 2 N–H and O–H groups in total. The average molecular weight is 491 g/mol. The number of fused-ring (bicyclic) bond motifs is 3. The normalized spacial score (nSPS) is 17.8. The van der Waals surface area contributed by atoms with Crippen molar-refractivity contribution in [3.63, 3.8) is 0 Å². The maximum absolute atomic E-state index is 12.1. The molecule has 0 aliphatic carbocycles. The van der Waals surface area contributed by atoms with Crippen molar-refractivity contribution in [3.05, 3.63) is 65.7 Å². The van der Waals surface area contributed by atoms with E-state index in [1.54, 1.807) is 0 Å². The maximum atomic E-state index is 12.1. The molecule has 172 valence electrons. The smallest absolute Gasteiger partial charge is 0.246 e. The highest BCUT2D eigenvalue weighted by Gasteiger charge is 2.32. The second kappa shape index (κ2) is 8.71. The molecule has 0 unspecified atom stereocenters. The standard InChI is InChI=1S/C26H23ClN4O2S/c1-3-24(32)30-8-9-31-15(2)18-11-21(27)19(12-22(18)33-10-7-16(31)14-30)17-5-4-6-23-25(17)20(13-28)26(29)34-23/h3-6,11-12,16H,1-2,7-10,14,29H2/t16-/m0/s1. The minimum atomic E-state index is -0.0543. The minimum absolute atomic E-state index is 0.0543. The number of nitrogens with two attached hydrogens (primary N) is 1. The van der Waals surface area contributed by atoms with E-state index in [1.807, 2.05) is 35.2 Å². The van der Waals surface area contributed by atoms with E-state index >= 15 is 0 Å². The zero-order valence-corrected chi connectivity index (χ0v) is 20.1. The quantitative estimate of drug-likeness (QED) is 0.504. The average Bonchev–Trinajstić information content (AvgIpc) is 3.17. The molecule has 6 nitrogen and oxygen atoms in total. The van der Waals surface area contributed by atoms with Gasteiger partial charge in [-0.15, -0.1) is 11.3 Å². The van der Waals surface area contributed by atoms with Crippen LogP contribution in [0.25, 0.3) is 26.9 Å². The first-order valence-electron chi connectivity index (χ1n) is 11.0. The molecule has 1 amide bonds. The van der Waals surface area contributed by atoms with Gasteiger partial charge >= 0.3 is 0 Å². The van der Waals surface area contributed by atoms with Gasteiger partial charge in [-0.1, -0.05) is 36.9 Å². The topological polar surface area (TPSA) is 82.6 Å². The van der Waals surface area contributed by atoms with Gasteiger partial charge < -0.3 is 20.3 Å². The van der Waals surface area contributed by atoms with Crippen molar-refractivity contribution < 1.29 is 9.53 Å². The first kappa shape index (κ1) is 22.3. The molecule has 2 aliphatic heterocycles. The molecule has 3 aromatic rings. The molecule has 1 fully saturated rings. The number of nitrogens with zero attached hydrogens (tertiary/aromatic N) is 3. The summed E-state index contributed by atoms with van der Waals surface area (Å²) in [6.45, 7) is 10.4. The zero-order valence-electron chi connectivity index (χ0n) is 18.5. The highest BCUT2D eigenvalue weighted by Crippen LogP contribution is 2.45. The van der Waals surface area contributed by atoms with Crippen molar-refractivity contribution >= 4 is 49.6 Å². The van der Waals surface area contributed by atoms with E-state index in [1.165, 1.54) is 17.4 Å². The summed E-state index contributed by atoms with van der Waals surface area (Å²) in [5, 5.41) is 11.5. The van der Waals surface area contributed by atoms with E-state index in [2.05, 4.69) is 24.1 Å². The first-order valence-corrected chi connectivity index (χ1v) is 12.2. The minimum Gasteiger partial charge on any atom is -0.493 e. The number of benzene rings is 2. The lowest BCUT2D eigenvalue weighted by Gasteiger charge is -2.44. The molecule has 8 heteroatoms. The summed E-state index contributed by atoms with van der Waals surface area (Å²) in [7, 11) is 0. The molecule has 3 heterocycles. The van der Waals surface area contributed by atoms with Crippen LogP contribution < -0.4 is 10.5 Å². The second-order valence-corrected chi connectivity index (χ2v) is 9.87. The maximum Gasteiger partial charge on any atom is 0.246 e. The Hall–Kier alpha value is -3.47. The number of nitriles is 1. The van der Waals surface area contributed by atoms with E-state index in [0.717, 1.165) is 38.9 Å². The van der Waals surface area contributed by atoms with E-state index in [9.17, 15) is 10.1 Å². The van der Waals surface area contributed by atoms with Crippen LogP contribution in [0.2, 0.25) is 5.02 Å². The van der Waals surface area contributed by atoms with Crippen molar-refractivity contribution in [2.45, 2.75) is 12.5 Å². The Morgan fingerprint density at radius 1 is 1.29 bits per heavy atom. The lowest BCUT2D eigenvalue weighted by molar-refractivity contribution is -0.128. The Labute approximate surface area is 207 Å². The van der Waals surface area contributed by atoms with Gasteiger partial charge in [-0.05, 0) is 29.8 Å². The van der Waals surface area contributed by atoms with Gasteiger partial charge in [-0.25, -0.2) is 0 Å². The summed E-state index contributed by atoms with van der Waals surface area (Å²) in [6.07, 6.45) is 2.12. The summed E-state index contributed by atoms with van der Waals surface area (Å²) >= 11 is 8.22. The van der Waals surface area contributed by atoms with Crippen molar-refractivity contribution in [3.8, 4) is 22.9 Å². The van der Waals surface area contributed by atoms with Crippen molar-refractivity contribution in [1.29, 1.82) is 5.26 Å². The van der Waals surface area contributed by atoms with Gasteiger partial charge in [0.2, 0.25) is 5.91 Å². The number of anilines is 1. The molecule has 0 bridgehead atoms. The van der Waals surface area contributed by atoms with Gasteiger partial charge in [-0.3, -0.25) is 4.79 Å². The van der Waals surface area contributed by atoms with E-state index < -0.39 is 0 Å². The monoisotopic (exact) mass is 490 g/mol. The number of hydrogen-bond donors (Lipinski definition) is 1. The molecule has 1 atom stereocenters. The SMILES string of the molecule is C=CC(=O)N1CCN2C(=C)c3cc(Cl)c(-c4cccc5sc(N)c(C#N)c45)cc3OCC[C@H]2C1. The molecule has 5 rings (SSSR count). The molecule has 1 aromatic heterocycles. The third kappa shape index (κ3) is 3.60. The van der Waals surface area contributed by atoms with E-state index in [-0.39, 0.29) is 11.9 Å². The number of piperazine rings is 1. The van der Waals surface area contributed by atoms with Gasteiger partial charge in [0.15, 0.2) is 0 Å². The molecule has 34 heavy (non-hydrogen) atoms. The van der Waals surface area contributed by atoms with Crippen LogP contribution in [0.3, 0.4) is 0 Å². The molecular formula is C26H23ClN4O2S. The van der Waals surface area contributed by atoms with E-state index in [4.69, 9.17) is 22.1 Å². The van der Waals surface area contributed by atoms with Crippen LogP contribution in [-0.2, 0) is 4.79 Å². The van der Waals surface area contributed by atoms with Gasteiger partial charge in [0.05, 0.1) is 12.2 Å². The fourth-order valence-electron chi connectivity index (χ4n) is 4.85. The number of ether oxygens (including phenoxy) is 1. The number of carbonyl (C=O) groups is 1. The number of halogens is 1. The predicted molar refractivity (Wildman–Crippen MR) is 138 cm³/mol. The van der Waals surface area contributed by atoms with E-state index in [0.29, 0.717) is 47.6 Å². The van der Waals surface area contributed by atoms with Crippen LogP contribution in [0.5, 0.6) is 5.75 Å². The van der Waals surface area contributed by atoms with Crippen LogP contribution in [-0.4, -0.2) is 48.0 Å². The Morgan fingerprint density at radius 3 is 2.88 bits per heavy atom. The third-order valence-corrected chi connectivity index (χ3v) is 7.85. The van der Waals surface area contributed by atoms with Gasteiger partial charge in [0, 0.05) is 64.0 Å². The molecule has 0 radical (unpaired) electrons. The lowest BCUT2D eigenvalue weighted by Crippen LogP contribution is -2.54. The Bertz CT molecular complexity index is 1390. The van der Waals surface area contributed by atoms with Crippen molar-refractivity contribution in [2.75, 3.05) is 32.0 Å². The fourth-order valence-corrected chi connectivity index (χ4v) is 6.07. The molecule has 1 saturated heterocycles. The summed E-state index contributed by atoms with van der Waals surface area (Å²) < 4.78 is 7.14. The number of carbonyl (C=O) groups excluding carboxylic acids is 1. The molecule has 0 saturated carbocycles. The zero-order chi connectivity index (χ0) is 24.0. The summed E-state index contributed by atoms with van der Waals surface area (Å²) in [4.78, 5) is 16.2. The van der Waals surface area contributed by atoms with Crippen LogP contribution in [0.1, 0.15) is 17.5 Å². The molecule has 0 spiro atoms. The summed E-state index contributed by atoms with van der Waals surface area (Å²) in [6, 6.07) is 12.0. The summed E-state index contributed by atoms with van der Waals surface area (Å²) in [5.41, 5.74) is 9.87. The van der Waals surface area contributed by atoms with Crippen molar-refractivity contribution in [1.82, 2.24) is 9.80 Å². The molecule has 2 aliphatic rings. The number of rotatable bonds is 2. The fraction of sp³-hybridized carbons (Fsp3) is 0.231. The highest BCUT2D eigenvalue weighted by molar-refractivity contribution is 7.23. The number of thiophene rings is 1. The predicted octanol–water partition coefficient (Wildman–Crippen LogP) is 5.13. The highest BCUT2D eigenvalue weighted by atomic mass is 35.5. The Kier molecular flexibility index (Phi) is 5.72. The Balaban J connectivity index is 1.56. The largest absolute Gasteiger partial charge is 0.493 e.